The molecule has 1 aromatic rings. The zero-order chi connectivity index (χ0) is 14.1. The number of piperidine rings is 1. The molecule has 3 atom stereocenters. The van der Waals surface area contributed by atoms with Gasteiger partial charge in [0, 0.05) is 24.2 Å². The Bertz CT molecular complexity index is 431. The molecule has 2 saturated heterocycles. The lowest BCUT2D eigenvalue weighted by atomic mass is 9.94. The molecule has 2 aliphatic rings. The summed E-state index contributed by atoms with van der Waals surface area (Å²) in [5.74, 6) is 0.936. The highest BCUT2D eigenvalue weighted by Crippen LogP contribution is 2.37. The SMILES string of the molecule is COc1ccc(CC(C)N2C3CCC2CC(N)C3)cc1. The molecule has 0 aliphatic carbocycles. The molecule has 0 aromatic heterocycles. The van der Waals surface area contributed by atoms with Crippen molar-refractivity contribution >= 4 is 0 Å². The maximum atomic E-state index is 6.16. The van der Waals surface area contributed by atoms with E-state index in [1.54, 1.807) is 7.11 Å². The summed E-state index contributed by atoms with van der Waals surface area (Å²) in [5.41, 5.74) is 7.56. The first kappa shape index (κ1) is 13.9. The zero-order valence-corrected chi connectivity index (χ0v) is 12.6. The van der Waals surface area contributed by atoms with E-state index in [-0.39, 0.29) is 0 Å². The molecule has 2 N–H and O–H groups in total. The van der Waals surface area contributed by atoms with Crippen molar-refractivity contribution in [3.8, 4) is 5.75 Å². The second-order valence-electron chi connectivity index (χ2n) is 6.46. The van der Waals surface area contributed by atoms with E-state index in [9.17, 15) is 0 Å². The number of fused-ring (bicyclic) bond motifs is 2. The van der Waals surface area contributed by atoms with Gasteiger partial charge in [-0.15, -0.1) is 0 Å². The van der Waals surface area contributed by atoms with Crippen molar-refractivity contribution in [2.24, 2.45) is 5.73 Å². The fraction of sp³-hybridized carbons (Fsp3) is 0.647. The van der Waals surface area contributed by atoms with Gasteiger partial charge in [-0.2, -0.15) is 0 Å². The van der Waals surface area contributed by atoms with Gasteiger partial charge in [-0.25, -0.2) is 0 Å². The third-order valence-electron chi connectivity index (χ3n) is 5.03. The van der Waals surface area contributed by atoms with E-state index in [1.165, 1.54) is 31.2 Å². The van der Waals surface area contributed by atoms with Gasteiger partial charge < -0.3 is 10.5 Å². The molecule has 0 amide bonds. The minimum atomic E-state index is 0.428. The maximum absolute atomic E-state index is 6.16. The molecule has 2 heterocycles. The van der Waals surface area contributed by atoms with Gasteiger partial charge in [0.15, 0.2) is 0 Å². The number of benzene rings is 1. The summed E-state index contributed by atoms with van der Waals surface area (Å²) in [6, 6.07) is 11.0. The van der Waals surface area contributed by atoms with Crippen LogP contribution in [0.1, 0.15) is 38.2 Å². The fourth-order valence-corrected chi connectivity index (χ4v) is 4.18. The topological polar surface area (TPSA) is 38.5 Å². The van der Waals surface area contributed by atoms with Crippen molar-refractivity contribution < 1.29 is 4.74 Å². The van der Waals surface area contributed by atoms with Crippen molar-refractivity contribution in [1.29, 1.82) is 0 Å². The van der Waals surface area contributed by atoms with Crippen LogP contribution in [0.15, 0.2) is 24.3 Å². The van der Waals surface area contributed by atoms with Crippen LogP contribution in [-0.4, -0.2) is 36.2 Å². The van der Waals surface area contributed by atoms with Crippen LogP contribution in [0, 0.1) is 0 Å². The molecule has 0 radical (unpaired) electrons. The van der Waals surface area contributed by atoms with Gasteiger partial charge >= 0.3 is 0 Å². The third kappa shape index (κ3) is 2.70. The highest BCUT2D eigenvalue weighted by molar-refractivity contribution is 5.27. The normalized spacial score (nSPS) is 31.2. The van der Waals surface area contributed by atoms with Crippen LogP contribution < -0.4 is 10.5 Å². The van der Waals surface area contributed by atoms with Gasteiger partial charge in [0.25, 0.3) is 0 Å². The van der Waals surface area contributed by atoms with Gasteiger partial charge in [-0.1, -0.05) is 12.1 Å². The molecule has 3 heteroatoms. The van der Waals surface area contributed by atoms with Crippen molar-refractivity contribution in [3.63, 3.8) is 0 Å². The Hall–Kier alpha value is -1.06. The fourth-order valence-electron chi connectivity index (χ4n) is 4.18. The Kier molecular flexibility index (Phi) is 3.99. The number of hydrogen-bond donors (Lipinski definition) is 1. The summed E-state index contributed by atoms with van der Waals surface area (Å²) in [7, 11) is 1.71. The van der Waals surface area contributed by atoms with Crippen molar-refractivity contribution in [3.05, 3.63) is 29.8 Å². The summed E-state index contributed by atoms with van der Waals surface area (Å²) in [6.45, 7) is 2.37. The van der Waals surface area contributed by atoms with Gasteiger partial charge in [0.1, 0.15) is 5.75 Å². The zero-order valence-electron chi connectivity index (χ0n) is 12.6. The van der Waals surface area contributed by atoms with E-state index in [4.69, 9.17) is 10.5 Å². The van der Waals surface area contributed by atoms with Crippen LogP contribution in [0.25, 0.3) is 0 Å². The lowest BCUT2D eigenvalue weighted by Gasteiger charge is -2.41. The molecule has 0 saturated carbocycles. The Morgan fingerprint density at radius 1 is 1.20 bits per heavy atom. The predicted octanol–water partition coefficient (Wildman–Crippen LogP) is 2.58. The standard InChI is InChI=1S/C17H26N2O/c1-12(9-13-3-7-17(20-2)8-4-13)19-15-5-6-16(19)11-14(18)10-15/h3-4,7-8,12,14-16H,5-6,9-11,18H2,1-2H3. The predicted molar refractivity (Wildman–Crippen MR) is 82.0 cm³/mol. The first-order chi connectivity index (χ1) is 9.67. The quantitative estimate of drug-likeness (QED) is 0.917. The first-order valence-electron chi connectivity index (χ1n) is 7.83. The average molecular weight is 274 g/mol. The van der Waals surface area contributed by atoms with E-state index < -0.39 is 0 Å². The molecule has 1 aromatic carbocycles. The maximum Gasteiger partial charge on any atom is 0.118 e. The first-order valence-corrected chi connectivity index (χ1v) is 7.83. The van der Waals surface area contributed by atoms with Crippen molar-refractivity contribution in [2.45, 2.75) is 63.2 Å². The minimum absolute atomic E-state index is 0.428. The summed E-state index contributed by atoms with van der Waals surface area (Å²) in [6.07, 6.45) is 6.16. The highest BCUT2D eigenvalue weighted by Gasteiger charge is 2.41. The molecule has 3 nitrogen and oxygen atoms in total. The third-order valence-corrected chi connectivity index (χ3v) is 5.03. The smallest absolute Gasteiger partial charge is 0.118 e. The van der Waals surface area contributed by atoms with E-state index in [1.807, 2.05) is 0 Å². The minimum Gasteiger partial charge on any atom is -0.497 e. The average Bonchev–Trinajstić information content (AvgIpc) is 2.72. The summed E-state index contributed by atoms with van der Waals surface area (Å²) in [5, 5.41) is 0. The second kappa shape index (κ2) is 5.74. The summed E-state index contributed by atoms with van der Waals surface area (Å²) >= 11 is 0. The van der Waals surface area contributed by atoms with Crippen LogP contribution in [0.2, 0.25) is 0 Å². The molecule has 2 aliphatic heterocycles. The molecule has 2 bridgehead atoms. The van der Waals surface area contributed by atoms with E-state index in [0.717, 1.165) is 24.3 Å². The van der Waals surface area contributed by atoms with E-state index in [0.29, 0.717) is 12.1 Å². The van der Waals surface area contributed by atoms with Crippen LogP contribution in [0.4, 0.5) is 0 Å². The molecule has 20 heavy (non-hydrogen) atoms. The number of nitrogens with zero attached hydrogens (tertiary/aromatic N) is 1. The van der Waals surface area contributed by atoms with Crippen LogP contribution in [0.3, 0.4) is 0 Å². The van der Waals surface area contributed by atoms with Gasteiger partial charge in [0.05, 0.1) is 7.11 Å². The van der Waals surface area contributed by atoms with Gasteiger partial charge in [0.2, 0.25) is 0 Å². The van der Waals surface area contributed by atoms with Gasteiger partial charge in [-0.05, 0) is 56.7 Å². The molecular formula is C17H26N2O. The number of hydrogen-bond acceptors (Lipinski definition) is 3. The Morgan fingerprint density at radius 2 is 1.80 bits per heavy atom. The molecule has 2 fully saturated rings. The molecule has 110 valence electrons. The van der Waals surface area contributed by atoms with Crippen LogP contribution >= 0.6 is 0 Å². The van der Waals surface area contributed by atoms with Crippen molar-refractivity contribution in [1.82, 2.24) is 4.90 Å². The van der Waals surface area contributed by atoms with E-state index >= 15 is 0 Å². The van der Waals surface area contributed by atoms with Crippen LogP contribution in [-0.2, 0) is 6.42 Å². The van der Waals surface area contributed by atoms with Crippen LogP contribution in [0.5, 0.6) is 5.75 Å². The monoisotopic (exact) mass is 274 g/mol. The number of methoxy groups -OCH3 is 1. The van der Waals surface area contributed by atoms with Crippen molar-refractivity contribution in [2.75, 3.05) is 7.11 Å². The molecule has 3 unspecified atom stereocenters. The molecular weight excluding hydrogens is 248 g/mol. The summed E-state index contributed by atoms with van der Waals surface area (Å²) in [4.78, 5) is 2.74. The Balaban J connectivity index is 1.65. The van der Waals surface area contributed by atoms with Gasteiger partial charge in [-0.3, -0.25) is 4.90 Å². The Morgan fingerprint density at radius 3 is 2.35 bits per heavy atom. The second-order valence-corrected chi connectivity index (χ2v) is 6.46. The molecule has 3 rings (SSSR count). The largest absolute Gasteiger partial charge is 0.497 e. The molecule has 0 spiro atoms. The lowest BCUT2D eigenvalue weighted by Crippen LogP contribution is -2.51. The number of nitrogens with two attached hydrogens (primary N) is 1. The Labute approximate surface area is 122 Å². The lowest BCUT2D eigenvalue weighted by molar-refractivity contribution is 0.0855. The number of ether oxygens (including phenoxy) is 1. The van der Waals surface area contributed by atoms with E-state index in [2.05, 4.69) is 36.1 Å². The summed E-state index contributed by atoms with van der Waals surface area (Å²) < 4.78 is 5.22. The highest BCUT2D eigenvalue weighted by atomic mass is 16.5. The number of rotatable bonds is 4.